The van der Waals surface area contributed by atoms with Gasteiger partial charge in [0.25, 0.3) is 0 Å². The molecule has 0 aliphatic rings. The fraction of sp³-hybridized carbons (Fsp3) is 0.429. The SMILES string of the molecule is CCN(C)c1coc(B(O)O)c1. The summed E-state index contributed by atoms with van der Waals surface area (Å²) in [5.74, 6) is 0. The van der Waals surface area contributed by atoms with Crippen molar-refractivity contribution in [2.45, 2.75) is 6.92 Å². The smallest absolute Gasteiger partial charge is 0.471 e. The summed E-state index contributed by atoms with van der Waals surface area (Å²) in [7, 11) is 0.377. The molecule has 12 heavy (non-hydrogen) atoms. The van der Waals surface area contributed by atoms with Gasteiger partial charge in [-0.25, -0.2) is 0 Å². The molecule has 1 aromatic heterocycles. The molecule has 1 aromatic rings. The van der Waals surface area contributed by atoms with Crippen molar-refractivity contribution in [2.24, 2.45) is 0 Å². The fourth-order valence-corrected chi connectivity index (χ4v) is 0.860. The topological polar surface area (TPSA) is 56.8 Å². The predicted molar refractivity (Wildman–Crippen MR) is 47.5 cm³/mol. The zero-order valence-corrected chi connectivity index (χ0v) is 7.19. The number of hydrogen-bond acceptors (Lipinski definition) is 4. The van der Waals surface area contributed by atoms with Crippen LogP contribution in [-0.4, -0.2) is 30.8 Å². The van der Waals surface area contributed by atoms with Crippen molar-refractivity contribution in [1.82, 2.24) is 0 Å². The van der Waals surface area contributed by atoms with Gasteiger partial charge in [-0.15, -0.1) is 0 Å². The highest BCUT2D eigenvalue weighted by Crippen LogP contribution is 2.10. The van der Waals surface area contributed by atoms with Crippen LogP contribution in [0.15, 0.2) is 16.7 Å². The first-order valence-electron chi connectivity index (χ1n) is 3.81. The molecule has 2 N–H and O–H groups in total. The van der Waals surface area contributed by atoms with Crippen LogP contribution < -0.4 is 10.6 Å². The average Bonchev–Trinajstić information content (AvgIpc) is 2.51. The molecule has 1 rings (SSSR count). The molecule has 0 fully saturated rings. The minimum absolute atomic E-state index is 0.172. The molecule has 0 amide bonds. The Bertz CT molecular complexity index is 249. The lowest BCUT2D eigenvalue weighted by atomic mass is 9.88. The third-order valence-corrected chi connectivity index (χ3v) is 1.78. The van der Waals surface area contributed by atoms with Crippen molar-refractivity contribution in [2.75, 3.05) is 18.5 Å². The van der Waals surface area contributed by atoms with Gasteiger partial charge in [0.1, 0.15) is 11.9 Å². The quantitative estimate of drug-likeness (QED) is 0.594. The zero-order valence-electron chi connectivity index (χ0n) is 7.19. The fourth-order valence-electron chi connectivity index (χ4n) is 0.860. The Labute approximate surface area is 71.6 Å². The third-order valence-electron chi connectivity index (χ3n) is 1.78. The van der Waals surface area contributed by atoms with E-state index in [4.69, 9.17) is 14.5 Å². The monoisotopic (exact) mass is 169 g/mol. The Morgan fingerprint density at radius 3 is 2.67 bits per heavy atom. The van der Waals surface area contributed by atoms with Crippen LogP contribution in [0.2, 0.25) is 0 Å². The van der Waals surface area contributed by atoms with Crippen LogP contribution in [0, 0.1) is 0 Å². The minimum atomic E-state index is -1.52. The Balaban J connectivity index is 2.77. The minimum Gasteiger partial charge on any atom is -0.471 e. The molecule has 4 nitrogen and oxygen atoms in total. The van der Waals surface area contributed by atoms with Crippen molar-refractivity contribution in [3.8, 4) is 0 Å². The Morgan fingerprint density at radius 2 is 2.25 bits per heavy atom. The maximum Gasteiger partial charge on any atom is 0.526 e. The van der Waals surface area contributed by atoms with Crippen LogP contribution in [-0.2, 0) is 0 Å². The van der Waals surface area contributed by atoms with Crippen molar-refractivity contribution in [3.63, 3.8) is 0 Å². The molecule has 0 aromatic carbocycles. The first-order valence-corrected chi connectivity index (χ1v) is 3.81. The van der Waals surface area contributed by atoms with Crippen LogP contribution >= 0.6 is 0 Å². The summed E-state index contributed by atoms with van der Waals surface area (Å²) < 4.78 is 4.91. The molecule has 0 saturated heterocycles. The Hall–Kier alpha value is -0.935. The summed E-state index contributed by atoms with van der Waals surface area (Å²) >= 11 is 0. The van der Waals surface area contributed by atoms with Gasteiger partial charge in [-0.2, -0.15) is 0 Å². The number of rotatable bonds is 3. The molecule has 1 heterocycles. The van der Waals surface area contributed by atoms with E-state index in [1.165, 1.54) is 6.26 Å². The lowest BCUT2D eigenvalue weighted by Gasteiger charge is -2.12. The molecule has 0 atom stereocenters. The van der Waals surface area contributed by atoms with E-state index in [2.05, 4.69) is 0 Å². The third kappa shape index (κ3) is 1.81. The van der Waals surface area contributed by atoms with E-state index >= 15 is 0 Å². The summed E-state index contributed by atoms with van der Waals surface area (Å²) in [4.78, 5) is 1.94. The summed E-state index contributed by atoms with van der Waals surface area (Å²) in [5.41, 5.74) is 1.02. The average molecular weight is 169 g/mol. The lowest BCUT2D eigenvalue weighted by molar-refractivity contribution is 0.409. The van der Waals surface area contributed by atoms with E-state index in [1.54, 1.807) is 6.07 Å². The molecule has 0 aliphatic carbocycles. The Morgan fingerprint density at radius 1 is 1.58 bits per heavy atom. The molecule has 66 valence electrons. The summed E-state index contributed by atoms with van der Waals surface area (Å²) in [6, 6.07) is 1.61. The van der Waals surface area contributed by atoms with Gasteiger partial charge in [-0.3, -0.25) is 0 Å². The molecule has 0 spiro atoms. The van der Waals surface area contributed by atoms with Crippen molar-refractivity contribution in [1.29, 1.82) is 0 Å². The molecule has 0 saturated carbocycles. The van der Waals surface area contributed by atoms with E-state index in [9.17, 15) is 0 Å². The predicted octanol–water partition coefficient (Wildman–Crippen LogP) is -0.584. The van der Waals surface area contributed by atoms with Crippen molar-refractivity contribution < 1.29 is 14.5 Å². The summed E-state index contributed by atoms with van der Waals surface area (Å²) in [5, 5.41) is 17.5. The molecule has 5 heteroatoms. The van der Waals surface area contributed by atoms with Gasteiger partial charge in [0.15, 0.2) is 0 Å². The van der Waals surface area contributed by atoms with E-state index in [0.29, 0.717) is 0 Å². The maximum atomic E-state index is 8.73. The highest BCUT2D eigenvalue weighted by atomic mass is 16.4. The first-order chi connectivity index (χ1) is 5.65. The van der Waals surface area contributed by atoms with Gasteiger partial charge in [0, 0.05) is 13.6 Å². The van der Waals surface area contributed by atoms with Crippen molar-refractivity contribution in [3.05, 3.63) is 12.3 Å². The Kier molecular flexibility index (Phi) is 2.78. The van der Waals surface area contributed by atoms with Crippen molar-refractivity contribution >= 4 is 18.5 Å². The van der Waals surface area contributed by atoms with Gasteiger partial charge in [0.05, 0.1) is 5.69 Å². The number of furan rings is 1. The number of hydrogen-bond donors (Lipinski definition) is 2. The van der Waals surface area contributed by atoms with Crippen LogP contribution in [0.1, 0.15) is 6.92 Å². The van der Waals surface area contributed by atoms with Crippen LogP contribution in [0.25, 0.3) is 0 Å². The molecule has 0 unspecified atom stereocenters. The van der Waals surface area contributed by atoms with Gasteiger partial charge >= 0.3 is 7.12 Å². The second-order valence-electron chi connectivity index (χ2n) is 2.60. The van der Waals surface area contributed by atoms with E-state index in [-0.39, 0.29) is 5.66 Å². The maximum absolute atomic E-state index is 8.73. The van der Waals surface area contributed by atoms with E-state index in [1.807, 2.05) is 18.9 Å². The van der Waals surface area contributed by atoms with Crippen LogP contribution in [0.5, 0.6) is 0 Å². The molecule has 0 bridgehead atoms. The normalized spacial score (nSPS) is 10.0. The largest absolute Gasteiger partial charge is 0.526 e. The number of anilines is 1. The van der Waals surface area contributed by atoms with Gasteiger partial charge in [0.2, 0.25) is 0 Å². The standard InChI is InChI=1S/C7H12BNO3/c1-3-9(2)6-4-7(8(10)11)12-5-6/h4-5,10-11H,3H2,1-2H3. The van der Waals surface area contributed by atoms with Gasteiger partial charge in [-0.05, 0) is 13.0 Å². The summed E-state index contributed by atoms with van der Waals surface area (Å²) in [6.45, 7) is 2.85. The summed E-state index contributed by atoms with van der Waals surface area (Å²) in [6.07, 6.45) is 1.50. The highest BCUT2D eigenvalue weighted by Gasteiger charge is 2.16. The molecular formula is C7H12BNO3. The first kappa shape index (κ1) is 9.16. The number of nitrogens with zero attached hydrogens (tertiary/aromatic N) is 1. The van der Waals surface area contributed by atoms with Crippen LogP contribution in [0.4, 0.5) is 5.69 Å². The zero-order chi connectivity index (χ0) is 9.14. The van der Waals surface area contributed by atoms with E-state index < -0.39 is 7.12 Å². The molecular weight excluding hydrogens is 157 g/mol. The lowest BCUT2D eigenvalue weighted by Crippen LogP contribution is -2.28. The van der Waals surface area contributed by atoms with Gasteiger partial charge < -0.3 is 19.4 Å². The molecule has 0 radical (unpaired) electrons. The van der Waals surface area contributed by atoms with E-state index in [0.717, 1.165) is 12.2 Å². The molecule has 0 aliphatic heterocycles. The van der Waals surface area contributed by atoms with Gasteiger partial charge in [-0.1, -0.05) is 0 Å². The van der Waals surface area contributed by atoms with Crippen LogP contribution in [0.3, 0.4) is 0 Å². The second kappa shape index (κ2) is 3.64. The highest BCUT2D eigenvalue weighted by molar-refractivity contribution is 6.57. The second-order valence-corrected chi connectivity index (χ2v) is 2.60.